The fourth-order valence-electron chi connectivity index (χ4n) is 5.20. The maximum absolute atomic E-state index is 13.8. The Bertz CT molecular complexity index is 1470. The zero-order valence-electron chi connectivity index (χ0n) is 25.3. The summed E-state index contributed by atoms with van der Waals surface area (Å²) in [4.78, 5) is 43.6. The van der Waals surface area contributed by atoms with Crippen LogP contribution in [0.2, 0.25) is 0 Å². The lowest BCUT2D eigenvalue weighted by molar-refractivity contribution is 0.0275. The number of ether oxygens (including phenoxy) is 3. The van der Waals surface area contributed by atoms with Gasteiger partial charge in [0, 0.05) is 50.3 Å². The first-order chi connectivity index (χ1) is 21.1. The molecule has 2 aliphatic heterocycles. The van der Waals surface area contributed by atoms with Crippen LogP contribution in [-0.2, 0) is 16.1 Å². The van der Waals surface area contributed by atoms with E-state index in [0.717, 1.165) is 5.56 Å². The van der Waals surface area contributed by atoms with Gasteiger partial charge in [-0.3, -0.25) is 4.79 Å². The Kier molecular flexibility index (Phi) is 9.37. The van der Waals surface area contributed by atoms with Crippen molar-refractivity contribution < 1.29 is 33.0 Å². The molecule has 0 aliphatic carbocycles. The summed E-state index contributed by atoms with van der Waals surface area (Å²) < 4.78 is 31.1. The van der Waals surface area contributed by atoms with Crippen molar-refractivity contribution in [2.45, 2.75) is 45.5 Å². The van der Waals surface area contributed by atoms with Gasteiger partial charge in [-0.2, -0.15) is 0 Å². The Morgan fingerprint density at radius 3 is 2.18 bits per heavy atom. The van der Waals surface area contributed by atoms with Crippen molar-refractivity contribution in [1.29, 1.82) is 0 Å². The number of amides is 3. The van der Waals surface area contributed by atoms with E-state index in [1.54, 1.807) is 45.0 Å². The van der Waals surface area contributed by atoms with Gasteiger partial charge in [0.25, 0.3) is 5.91 Å². The summed E-state index contributed by atoms with van der Waals surface area (Å²) in [7, 11) is 0. The molecule has 0 bridgehead atoms. The Morgan fingerprint density at radius 2 is 1.50 bits per heavy atom. The van der Waals surface area contributed by atoms with Crippen molar-refractivity contribution >= 4 is 18.1 Å². The Labute approximate surface area is 257 Å². The topological polar surface area (TPSA) is 88.6 Å². The number of likely N-dealkylation sites (tertiary alicyclic amines) is 1. The lowest BCUT2D eigenvalue weighted by atomic mass is 10.0. The van der Waals surface area contributed by atoms with E-state index >= 15 is 0 Å². The van der Waals surface area contributed by atoms with Crippen molar-refractivity contribution in [1.82, 2.24) is 14.7 Å². The molecule has 10 heteroatoms. The van der Waals surface area contributed by atoms with Crippen LogP contribution in [0, 0.1) is 5.82 Å². The third kappa shape index (κ3) is 7.86. The molecule has 2 fully saturated rings. The Hall–Kier alpha value is -4.60. The fourth-order valence-corrected chi connectivity index (χ4v) is 5.20. The van der Waals surface area contributed by atoms with Gasteiger partial charge in [0.1, 0.15) is 29.9 Å². The van der Waals surface area contributed by atoms with E-state index in [2.05, 4.69) is 0 Å². The minimum absolute atomic E-state index is 0.172. The number of hydrogen-bond donors (Lipinski definition) is 0. The second-order valence-corrected chi connectivity index (χ2v) is 12.0. The molecule has 1 atom stereocenters. The number of nitrogens with zero attached hydrogens (tertiary/aromatic N) is 3. The van der Waals surface area contributed by atoms with E-state index in [9.17, 15) is 18.8 Å². The van der Waals surface area contributed by atoms with Crippen molar-refractivity contribution in [2.24, 2.45) is 0 Å². The maximum Gasteiger partial charge on any atom is 0.410 e. The van der Waals surface area contributed by atoms with E-state index in [4.69, 9.17) is 14.2 Å². The number of rotatable bonds is 6. The standard InChI is InChI=1S/C34H38FN3O6/c1-34(2,3)44-33(41)38-16-15-28(22-38)43-30-14-11-26(21-29(30)25-9-12-27(35)13-10-25)31(39)36-17-19-37(20-18-36)32(40)42-23-24-7-5-4-6-8-24/h4-14,21,28H,15-20,22-23H2,1-3H3/t28-/m0/s1. The monoisotopic (exact) mass is 603 g/mol. The molecule has 2 heterocycles. The first-order valence-electron chi connectivity index (χ1n) is 14.9. The van der Waals surface area contributed by atoms with Crippen molar-refractivity contribution in [3.8, 4) is 16.9 Å². The molecule has 0 saturated carbocycles. The van der Waals surface area contributed by atoms with Crippen LogP contribution in [0.1, 0.15) is 43.1 Å². The molecule has 3 amide bonds. The third-order valence-corrected chi connectivity index (χ3v) is 7.50. The lowest BCUT2D eigenvalue weighted by Crippen LogP contribution is -2.50. The van der Waals surface area contributed by atoms with Crippen LogP contribution in [0.5, 0.6) is 5.75 Å². The molecular weight excluding hydrogens is 565 g/mol. The third-order valence-electron chi connectivity index (χ3n) is 7.50. The van der Waals surface area contributed by atoms with E-state index in [-0.39, 0.29) is 30.5 Å². The number of halogens is 1. The second kappa shape index (κ2) is 13.4. The summed E-state index contributed by atoms with van der Waals surface area (Å²) in [6.45, 7) is 8.01. The zero-order valence-corrected chi connectivity index (χ0v) is 25.3. The fraction of sp³-hybridized carbons (Fsp3) is 0.382. The molecule has 3 aromatic rings. The highest BCUT2D eigenvalue weighted by Gasteiger charge is 2.32. The van der Waals surface area contributed by atoms with Gasteiger partial charge in [-0.15, -0.1) is 0 Å². The molecule has 3 aromatic carbocycles. The Morgan fingerprint density at radius 1 is 0.818 bits per heavy atom. The summed E-state index contributed by atoms with van der Waals surface area (Å²) in [5.41, 5.74) is 2.12. The average Bonchev–Trinajstić information content (AvgIpc) is 3.49. The van der Waals surface area contributed by atoms with Crippen LogP contribution in [-0.4, -0.2) is 83.8 Å². The van der Waals surface area contributed by atoms with Crippen LogP contribution in [0.15, 0.2) is 72.8 Å². The molecular formula is C34H38FN3O6. The predicted molar refractivity (Wildman–Crippen MR) is 163 cm³/mol. The number of hydrogen-bond acceptors (Lipinski definition) is 6. The second-order valence-electron chi connectivity index (χ2n) is 12.0. The summed E-state index contributed by atoms with van der Waals surface area (Å²) in [5, 5.41) is 0. The first kappa shape index (κ1) is 30.8. The highest BCUT2D eigenvalue weighted by atomic mass is 19.1. The van der Waals surface area contributed by atoms with Gasteiger partial charge >= 0.3 is 12.2 Å². The maximum atomic E-state index is 13.8. The molecule has 232 valence electrons. The van der Waals surface area contributed by atoms with E-state index in [1.165, 1.54) is 12.1 Å². The largest absolute Gasteiger partial charge is 0.488 e. The van der Waals surface area contributed by atoms with Crippen LogP contribution in [0.3, 0.4) is 0 Å². The molecule has 0 N–H and O–H groups in total. The highest BCUT2D eigenvalue weighted by molar-refractivity contribution is 5.96. The molecule has 44 heavy (non-hydrogen) atoms. The minimum Gasteiger partial charge on any atom is -0.488 e. The molecule has 0 unspecified atom stereocenters. The molecule has 0 spiro atoms. The lowest BCUT2D eigenvalue weighted by Gasteiger charge is -2.34. The normalized spacial score (nSPS) is 16.9. The van der Waals surface area contributed by atoms with Crippen LogP contribution in [0.25, 0.3) is 11.1 Å². The number of piperazine rings is 1. The highest BCUT2D eigenvalue weighted by Crippen LogP contribution is 2.34. The van der Waals surface area contributed by atoms with Gasteiger partial charge in [-0.1, -0.05) is 42.5 Å². The quantitative estimate of drug-likeness (QED) is 0.345. The van der Waals surface area contributed by atoms with Crippen LogP contribution in [0.4, 0.5) is 14.0 Å². The van der Waals surface area contributed by atoms with E-state index in [1.807, 2.05) is 51.1 Å². The summed E-state index contributed by atoms with van der Waals surface area (Å²) in [6.07, 6.45) is -0.426. The zero-order chi connectivity index (χ0) is 31.3. The van der Waals surface area contributed by atoms with Gasteiger partial charge in [0.15, 0.2) is 0 Å². The van der Waals surface area contributed by atoms with Gasteiger partial charge in [-0.05, 0) is 62.2 Å². The van der Waals surface area contributed by atoms with Gasteiger partial charge in [-0.25, -0.2) is 14.0 Å². The first-order valence-corrected chi connectivity index (χ1v) is 14.9. The van der Waals surface area contributed by atoms with Crippen LogP contribution < -0.4 is 4.74 Å². The summed E-state index contributed by atoms with van der Waals surface area (Å²) in [5.74, 6) is -0.00299. The van der Waals surface area contributed by atoms with Crippen molar-refractivity contribution in [2.75, 3.05) is 39.3 Å². The van der Waals surface area contributed by atoms with Gasteiger partial charge in [0.05, 0.1) is 6.54 Å². The predicted octanol–water partition coefficient (Wildman–Crippen LogP) is 5.98. The number of carbonyl (C=O) groups excluding carboxylic acids is 3. The molecule has 5 rings (SSSR count). The van der Waals surface area contributed by atoms with Gasteiger partial charge < -0.3 is 28.9 Å². The molecule has 0 aromatic heterocycles. The smallest absolute Gasteiger partial charge is 0.410 e. The minimum atomic E-state index is -0.591. The number of benzene rings is 3. The van der Waals surface area contributed by atoms with Crippen molar-refractivity contribution in [3.05, 3.63) is 89.7 Å². The average molecular weight is 604 g/mol. The molecule has 9 nitrogen and oxygen atoms in total. The molecule has 0 radical (unpaired) electrons. The van der Waals surface area contributed by atoms with Gasteiger partial charge in [0.2, 0.25) is 0 Å². The number of carbonyl (C=O) groups is 3. The van der Waals surface area contributed by atoms with Crippen molar-refractivity contribution in [3.63, 3.8) is 0 Å². The molecule has 2 saturated heterocycles. The SMILES string of the molecule is CC(C)(C)OC(=O)N1CC[C@H](Oc2ccc(C(=O)N3CCN(C(=O)OCc4ccccc4)CC3)cc2-c2ccc(F)cc2)C1. The Balaban J connectivity index is 1.24. The summed E-state index contributed by atoms with van der Waals surface area (Å²) in [6, 6.07) is 20.7. The van der Waals surface area contributed by atoms with Crippen LogP contribution >= 0.6 is 0 Å². The molecule has 2 aliphatic rings. The summed E-state index contributed by atoms with van der Waals surface area (Å²) >= 11 is 0. The van der Waals surface area contributed by atoms with E-state index in [0.29, 0.717) is 68.1 Å². The van der Waals surface area contributed by atoms with E-state index < -0.39 is 11.7 Å².